The normalized spacial score (nSPS) is 18.1. The molecule has 0 aliphatic carbocycles. The topological polar surface area (TPSA) is 73.8 Å². The summed E-state index contributed by atoms with van der Waals surface area (Å²) >= 11 is 1.75. The van der Waals surface area contributed by atoms with Crippen LogP contribution in [0.15, 0.2) is 18.0 Å². The van der Waals surface area contributed by atoms with Gasteiger partial charge in [0, 0.05) is 31.1 Å². The van der Waals surface area contributed by atoms with Gasteiger partial charge in [0.1, 0.15) is 12.1 Å². The lowest BCUT2D eigenvalue weighted by Crippen LogP contribution is -2.28. The smallest absolute Gasteiger partial charge is 0.160 e. The van der Waals surface area contributed by atoms with Crippen LogP contribution < -0.4 is 4.90 Å². The van der Waals surface area contributed by atoms with Crippen molar-refractivity contribution in [3.63, 3.8) is 0 Å². The van der Waals surface area contributed by atoms with E-state index in [0.29, 0.717) is 5.92 Å². The fraction of sp³-hybridized carbons (Fsp3) is 0.500. The second-order valence-corrected chi connectivity index (χ2v) is 7.43. The predicted octanol–water partition coefficient (Wildman–Crippen LogP) is 2.08. The molecule has 4 rings (SSSR count). The van der Waals surface area contributed by atoms with Gasteiger partial charge in [-0.15, -0.1) is 11.3 Å². The molecule has 0 amide bonds. The highest BCUT2D eigenvalue weighted by Gasteiger charge is 2.26. The average Bonchev–Trinajstić information content (AvgIpc) is 3.29. The van der Waals surface area contributed by atoms with E-state index in [1.165, 1.54) is 11.3 Å². The number of fused-ring (bicyclic) bond motifs is 1. The van der Waals surface area contributed by atoms with E-state index >= 15 is 0 Å². The van der Waals surface area contributed by atoms with Crippen molar-refractivity contribution in [3.05, 3.63) is 28.6 Å². The first kappa shape index (κ1) is 15.5. The van der Waals surface area contributed by atoms with E-state index in [1.807, 2.05) is 11.7 Å². The van der Waals surface area contributed by atoms with Crippen molar-refractivity contribution < 1.29 is 0 Å². The van der Waals surface area contributed by atoms with Gasteiger partial charge in [-0.2, -0.15) is 5.10 Å². The fourth-order valence-corrected chi connectivity index (χ4v) is 4.26. The lowest BCUT2D eigenvalue weighted by atomic mass is 10.1. The number of hydrogen-bond donors (Lipinski definition) is 1. The Morgan fingerprint density at radius 2 is 2.29 bits per heavy atom. The number of aromatic amines is 1. The van der Waals surface area contributed by atoms with Crippen molar-refractivity contribution in [2.45, 2.75) is 19.9 Å². The Morgan fingerprint density at radius 1 is 1.38 bits per heavy atom. The highest BCUT2D eigenvalue weighted by atomic mass is 32.1. The highest BCUT2D eigenvalue weighted by molar-refractivity contribution is 7.09. The van der Waals surface area contributed by atoms with Gasteiger partial charge in [0.25, 0.3) is 0 Å². The molecule has 126 valence electrons. The van der Waals surface area contributed by atoms with Crippen LogP contribution in [-0.4, -0.2) is 56.7 Å². The number of nitrogens with zero attached hydrogens (tertiary/aromatic N) is 6. The third-order valence-corrected chi connectivity index (χ3v) is 5.56. The number of H-pyrrole nitrogens is 1. The molecular formula is C16H21N7S. The zero-order valence-electron chi connectivity index (χ0n) is 13.9. The van der Waals surface area contributed by atoms with Gasteiger partial charge >= 0.3 is 0 Å². The molecule has 0 saturated carbocycles. The van der Waals surface area contributed by atoms with Gasteiger partial charge in [0.15, 0.2) is 5.65 Å². The van der Waals surface area contributed by atoms with Crippen molar-refractivity contribution >= 4 is 28.2 Å². The molecule has 0 bridgehead atoms. The SMILES string of the molecule is Cc1ncsc1CN(C)C[C@@H]1CCN(c2ncnc3[nH]ncc23)C1. The molecule has 1 N–H and O–H groups in total. The summed E-state index contributed by atoms with van der Waals surface area (Å²) < 4.78 is 0. The molecular weight excluding hydrogens is 322 g/mol. The van der Waals surface area contributed by atoms with Crippen LogP contribution in [-0.2, 0) is 6.54 Å². The Labute approximate surface area is 144 Å². The minimum absolute atomic E-state index is 0.653. The Bertz CT molecular complexity index is 827. The Kier molecular flexibility index (Phi) is 4.15. The van der Waals surface area contributed by atoms with Gasteiger partial charge < -0.3 is 9.80 Å². The molecule has 0 unspecified atom stereocenters. The minimum atomic E-state index is 0.653. The van der Waals surface area contributed by atoms with E-state index in [9.17, 15) is 0 Å². The number of aromatic nitrogens is 5. The molecule has 0 spiro atoms. The molecule has 1 aliphatic rings. The van der Waals surface area contributed by atoms with Crippen molar-refractivity contribution in [1.29, 1.82) is 0 Å². The second-order valence-electron chi connectivity index (χ2n) is 6.49. The number of aryl methyl sites for hydroxylation is 1. The van der Waals surface area contributed by atoms with Crippen LogP contribution in [0.4, 0.5) is 5.82 Å². The number of hydrogen-bond acceptors (Lipinski definition) is 7. The summed E-state index contributed by atoms with van der Waals surface area (Å²) in [6, 6.07) is 0. The number of rotatable bonds is 5. The summed E-state index contributed by atoms with van der Waals surface area (Å²) in [5, 5.41) is 8.01. The molecule has 1 fully saturated rings. The molecule has 3 aromatic rings. The summed E-state index contributed by atoms with van der Waals surface area (Å²) in [7, 11) is 2.20. The molecule has 0 radical (unpaired) electrons. The number of thiazole rings is 1. The summed E-state index contributed by atoms with van der Waals surface area (Å²) in [5.74, 6) is 1.65. The van der Waals surface area contributed by atoms with Crippen molar-refractivity contribution in [2.75, 3.05) is 31.6 Å². The second kappa shape index (κ2) is 6.45. The summed E-state index contributed by atoms with van der Waals surface area (Å²) in [4.78, 5) is 19.2. The predicted molar refractivity (Wildman–Crippen MR) is 95.2 cm³/mol. The fourth-order valence-electron chi connectivity index (χ4n) is 3.41. The molecule has 24 heavy (non-hydrogen) atoms. The lowest BCUT2D eigenvalue weighted by Gasteiger charge is -2.21. The van der Waals surface area contributed by atoms with E-state index in [-0.39, 0.29) is 0 Å². The summed E-state index contributed by atoms with van der Waals surface area (Å²) in [5.41, 5.74) is 3.89. The average molecular weight is 343 g/mol. The van der Waals surface area contributed by atoms with Crippen LogP contribution in [0.2, 0.25) is 0 Å². The van der Waals surface area contributed by atoms with Crippen molar-refractivity contribution in [1.82, 2.24) is 30.0 Å². The van der Waals surface area contributed by atoms with E-state index in [0.717, 1.165) is 48.7 Å². The van der Waals surface area contributed by atoms with Crippen LogP contribution in [0.25, 0.3) is 11.0 Å². The van der Waals surface area contributed by atoms with Crippen LogP contribution in [0.3, 0.4) is 0 Å². The van der Waals surface area contributed by atoms with Gasteiger partial charge in [-0.3, -0.25) is 5.10 Å². The first-order valence-corrected chi connectivity index (χ1v) is 9.05. The lowest BCUT2D eigenvalue weighted by molar-refractivity contribution is 0.281. The van der Waals surface area contributed by atoms with Crippen molar-refractivity contribution in [2.24, 2.45) is 5.92 Å². The molecule has 1 atom stereocenters. The van der Waals surface area contributed by atoms with Crippen LogP contribution in [0.5, 0.6) is 0 Å². The molecule has 1 aliphatic heterocycles. The highest BCUT2D eigenvalue weighted by Crippen LogP contribution is 2.27. The van der Waals surface area contributed by atoms with Gasteiger partial charge in [0.2, 0.25) is 0 Å². The largest absolute Gasteiger partial charge is 0.356 e. The molecule has 8 heteroatoms. The van der Waals surface area contributed by atoms with Crippen LogP contribution in [0, 0.1) is 12.8 Å². The molecule has 0 aromatic carbocycles. The summed E-state index contributed by atoms with van der Waals surface area (Å²) in [6.45, 7) is 6.22. The van der Waals surface area contributed by atoms with E-state index in [4.69, 9.17) is 0 Å². The summed E-state index contributed by atoms with van der Waals surface area (Å²) in [6.07, 6.45) is 4.62. The third-order valence-electron chi connectivity index (χ3n) is 4.64. The molecule has 1 saturated heterocycles. The monoisotopic (exact) mass is 343 g/mol. The van der Waals surface area contributed by atoms with E-state index < -0.39 is 0 Å². The zero-order valence-corrected chi connectivity index (χ0v) is 14.8. The maximum Gasteiger partial charge on any atom is 0.160 e. The van der Waals surface area contributed by atoms with Gasteiger partial charge in [-0.1, -0.05) is 0 Å². The van der Waals surface area contributed by atoms with Crippen molar-refractivity contribution in [3.8, 4) is 0 Å². The number of anilines is 1. The standard InChI is InChI=1S/C16H21N7S/c1-11-14(24-10-19-11)8-22(2)6-12-3-4-23(7-12)16-13-5-20-21-15(13)17-9-18-16/h5,9-10,12H,3-4,6-8H2,1-2H3,(H,17,18,20,21)/t12-/m0/s1. The maximum atomic E-state index is 4.48. The Morgan fingerprint density at radius 3 is 3.12 bits per heavy atom. The van der Waals surface area contributed by atoms with Gasteiger partial charge in [-0.05, 0) is 26.3 Å². The first-order chi connectivity index (χ1) is 11.7. The molecule has 3 aromatic heterocycles. The third kappa shape index (κ3) is 2.99. The minimum Gasteiger partial charge on any atom is -0.356 e. The number of nitrogens with one attached hydrogen (secondary N) is 1. The Hall–Kier alpha value is -2.06. The zero-order chi connectivity index (χ0) is 16.5. The quantitative estimate of drug-likeness (QED) is 0.764. The molecule has 4 heterocycles. The van der Waals surface area contributed by atoms with Crippen LogP contribution >= 0.6 is 11.3 Å². The van der Waals surface area contributed by atoms with Gasteiger partial charge in [0.05, 0.1) is 22.8 Å². The van der Waals surface area contributed by atoms with E-state index in [2.05, 4.69) is 48.9 Å². The van der Waals surface area contributed by atoms with E-state index in [1.54, 1.807) is 17.7 Å². The first-order valence-electron chi connectivity index (χ1n) is 8.17. The van der Waals surface area contributed by atoms with Gasteiger partial charge in [-0.25, -0.2) is 15.0 Å². The maximum absolute atomic E-state index is 4.48. The van der Waals surface area contributed by atoms with Crippen LogP contribution in [0.1, 0.15) is 17.0 Å². The molecule has 7 nitrogen and oxygen atoms in total. The Balaban J connectivity index is 1.40.